The molecule has 0 bridgehead atoms. The molecule has 0 aromatic rings. The van der Waals surface area contributed by atoms with Crippen LogP contribution in [0.5, 0.6) is 0 Å². The van der Waals surface area contributed by atoms with Crippen molar-refractivity contribution in [2.45, 2.75) is 47.6 Å². The molecular weight excluding hydrogens is 148 g/mol. The summed E-state index contributed by atoms with van der Waals surface area (Å²) in [7, 11) is 0. The molecule has 12 heavy (non-hydrogen) atoms. The van der Waals surface area contributed by atoms with Crippen LogP contribution in [0.2, 0.25) is 0 Å². The quantitative estimate of drug-likeness (QED) is 0.505. The fourth-order valence-electron chi connectivity index (χ4n) is 1.24. The molecule has 0 unspecified atom stereocenters. The van der Waals surface area contributed by atoms with Gasteiger partial charge in [-0.25, -0.2) is 0 Å². The van der Waals surface area contributed by atoms with E-state index in [-0.39, 0.29) is 10.8 Å². The minimum absolute atomic E-state index is 0.245. The largest absolute Gasteiger partial charge is 0.483 e. The molecule has 1 nitrogen and oxygen atoms in total. The van der Waals surface area contributed by atoms with E-state index in [2.05, 4.69) is 47.6 Å². The van der Waals surface area contributed by atoms with E-state index < -0.39 is 0 Å². The second-order valence-electron chi connectivity index (χ2n) is 5.78. The lowest BCUT2D eigenvalue weighted by Crippen LogP contribution is -2.13. The van der Waals surface area contributed by atoms with Gasteiger partial charge in [0, 0.05) is 5.41 Å². The smallest absolute Gasteiger partial charge is 0.160 e. The van der Waals surface area contributed by atoms with E-state index in [4.69, 9.17) is 4.74 Å². The molecule has 1 saturated heterocycles. The average Bonchev–Trinajstić information content (AvgIpc) is 2.37. The van der Waals surface area contributed by atoms with E-state index in [0.717, 1.165) is 0 Å². The molecule has 0 aromatic carbocycles. The van der Waals surface area contributed by atoms with E-state index in [1.165, 1.54) is 5.76 Å². The fraction of sp³-hybridized carbons (Fsp3) is 0.818. The predicted octanol–water partition coefficient (Wildman–Crippen LogP) is 3.36. The molecule has 1 aliphatic heterocycles. The van der Waals surface area contributed by atoms with Gasteiger partial charge < -0.3 is 4.74 Å². The Morgan fingerprint density at radius 1 is 1.08 bits per heavy atom. The standard InChI is InChI=1S/C11H20O/c1-10(2,3)7-8-9(12-8)11(4,5)6/h7,9H,1-6H3/b8-7+/t9-/m0/s1. The van der Waals surface area contributed by atoms with Crippen molar-refractivity contribution in [3.05, 3.63) is 11.8 Å². The first kappa shape index (κ1) is 9.63. The highest BCUT2D eigenvalue weighted by Gasteiger charge is 2.43. The van der Waals surface area contributed by atoms with E-state index in [1.54, 1.807) is 0 Å². The molecule has 70 valence electrons. The van der Waals surface area contributed by atoms with E-state index >= 15 is 0 Å². The number of hydrogen-bond acceptors (Lipinski definition) is 1. The van der Waals surface area contributed by atoms with Crippen LogP contribution in [0.3, 0.4) is 0 Å². The van der Waals surface area contributed by atoms with Crippen molar-refractivity contribution in [3.63, 3.8) is 0 Å². The lowest BCUT2D eigenvalue weighted by atomic mass is 9.89. The van der Waals surface area contributed by atoms with Gasteiger partial charge in [0.25, 0.3) is 0 Å². The Morgan fingerprint density at radius 2 is 1.58 bits per heavy atom. The first-order chi connectivity index (χ1) is 5.20. The zero-order chi connectivity index (χ0) is 9.57. The first-order valence-corrected chi connectivity index (χ1v) is 4.59. The summed E-state index contributed by atoms with van der Waals surface area (Å²) in [5, 5.41) is 0. The third-order valence-electron chi connectivity index (χ3n) is 1.82. The average molecular weight is 168 g/mol. The molecule has 1 aliphatic rings. The number of rotatable bonds is 0. The summed E-state index contributed by atoms with van der Waals surface area (Å²) < 4.78 is 5.52. The summed E-state index contributed by atoms with van der Waals surface area (Å²) >= 11 is 0. The van der Waals surface area contributed by atoms with Crippen molar-refractivity contribution >= 4 is 0 Å². The monoisotopic (exact) mass is 168 g/mol. The number of allylic oxidation sites excluding steroid dienone is 1. The maximum atomic E-state index is 5.52. The maximum Gasteiger partial charge on any atom is 0.160 e. The van der Waals surface area contributed by atoms with Crippen molar-refractivity contribution in [3.8, 4) is 0 Å². The third kappa shape index (κ3) is 2.54. The summed E-state index contributed by atoms with van der Waals surface area (Å²) in [5.41, 5.74) is 0.506. The molecule has 0 aliphatic carbocycles. The SMILES string of the molecule is CC(C)(C)/C=C1/O[C@@H]1C(C)(C)C. The van der Waals surface area contributed by atoms with Crippen LogP contribution < -0.4 is 0 Å². The summed E-state index contributed by atoms with van der Waals surface area (Å²) in [5.74, 6) is 1.18. The molecule has 1 heteroatoms. The Hall–Kier alpha value is -0.460. The molecule has 0 amide bonds. The summed E-state index contributed by atoms with van der Waals surface area (Å²) in [6.45, 7) is 13.2. The van der Waals surface area contributed by atoms with Crippen LogP contribution in [0.15, 0.2) is 11.8 Å². The van der Waals surface area contributed by atoms with Crippen LogP contribution in [-0.2, 0) is 4.74 Å². The van der Waals surface area contributed by atoms with Crippen molar-refractivity contribution in [1.29, 1.82) is 0 Å². The van der Waals surface area contributed by atoms with Gasteiger partial charge in [0.2, 0.25) is 0 Å². The molecule has 0 spiro atoms. The molecule has 0 radical (unpaired) electrons. The second-order valence-corrected chi connectivity index (χ2v) is 5.78. The molecular formula is C11H20O. The Kier molecular flexibility index (Phi) is 2.02. The van der Waals surface area contributed by atoms with Crippen LogP contribution >= 0.6 is 0 Å². The van der Waals surface area contributed by atoms with Gasteiger partial charge in [-0.3, -0.25) is 0 Å². The molecule has 1 atom stereocenters. The van der Waals surface area contributed by atoms with Gasteiger partial charge in [-0.05, 0) is 11.5 Å². The van der Waals surface area contributed by atoms with Crippen molar-refractivity contribution in [2.75, 3.05) is 0 Å². The van der Waals surface area contributed by atoms with Gasteiger partial charge in [-0.2, -0.15) is 0 Å². The molecule has 0 saturated carbocycles. The van der Waals surface area contributed by atoms with Crippen molar-refractivity contribution in [2.24, 2.45) is 10.8 Å². The Morgan fingerprint density at radius 3 is 1.83 bits per heavy atom. The van der Waals surface area contributed by atoms with Gasteiger partial charge in [-0.15, -0.1) is 0 Å². The van der Waals surface area contributed by atoms with Crippen LogP contribution in [-0.4, -0.2) is 6.10 Å². The zero-order valence-corrected chi connectivity index (χ0v) is 9.06. The Bertz CT molecular complexity index is 200. The molecule has 1 rings (SSSR count). The highest BCUT2D eigenvalue weighted by Crippen LogP contribution is 2.43. The molecule has 0 aromatic heterocycles. The van der Waals surface area contributed by atoms with E-state index in [1.807, 2.05) is 0 Å². The van der Waals surface area contributed by atoms with Gasteiger partial charge in [0.15, 0.2) is 6.10 Å². The minimum atomic E-state index is 0.245. The topological polar surface area (TPSA) is 12.5 Å². The normalized spacial score (nSPS) is 27.2. The molecule has 1 fully saturated rings. The lowest BCUT2D eigenvalue weighted by Gasteiger charge is -2.12. The number of hydrogen-bond donors (Lipinski definition) is 0. The second kappa shape index (κ2) is 2.51. The molecule has 1 heterocycles. The van der Waals surface area contributed by atoms with Crippen molar-refractivity contribution < 1.29 is 4.74 Å². The Labute approximate surface area is 75.8 Å². The van der Waals surface area contributed by atoms with Gasteiger partial charge in [0.05, 0.1) is 0 Å². The highest BCUT2D eigenvalue weighted by atomic mass is 16.6. The van der Waals surface area contributed by atoms with Crippen LogP contribution in [0.4, 0.5) is 0 Å². The first-order valence-electron chi connectivity index (χ1n) is 4.59. The van der Waals surface area contributed by atoms with Gasteiger partial charge >= 0.3 is 0 Å². The number of ether oxygens (including phenoxy) is 1. The third-order valence-corrected chi connectivity index (χ3v) is 1.82. The minimum Gasteiger partial charge on any atom is -0.483 e. The summed E-state index contributed by atoms with van der Waals surface area (Å²) in [6, 6.07) is 0. The highest BCUT2D eigenvalue weighted by molar-refractivity contribution is 5.19. The van der Waals surface area contributed by atoms with Gasteiger partial charge in [0.1, 0.15) is 5.76 Å². The fourth-order valence-corrected chi connectivity index (χ4v) is 1.24. The van der Waals surface area contributed by atoms with Crippen LogP contribution in [0.1, 0.15) is 41.5 Å². The van der Waals surface area contributed by atoms with Crippen LogP contribution in [0, 0.1) is 10.8 Å². The van der Waals surface area contributed by atoms with Crippen LogP contribution in [0.25, 0.3) is 0 Å². The van der Waals surface area contributed by atoms with Gasteiger partial charge in [-0.1, -0.05) is 41.5 Å². The zero-order valence-electron chi connectivity index (χ0n) is 9.06. The summed E-state index contributed by atoms with van der Waals surface area (Å²) in [6.07, 6.45) is 2.58. The summed E-state index contributed by atoms with van der Waals surface area (Å²) in [4.78, 5) is 0. The predicted molar refractivity (Wildman–Crippen MR) is 51.9 cm³/mol. The van der Waals surface area contributed by atoms with E-state index in [9.17, 15) is 0 Å². The maximum absolute atomic E-state index is 5.52. The lowest BCUT2D eigenvalue weighted by molar-refractivity contribution is 0.268. The van der Waals surface area contributed by atoms with E-state index in [0.29, 0.717) is 6.10 Å². The molecule has 0 N–H and O–H groups in total. The number of epoxide rings is 1. The Balaban J connectivity index is 2.59. The van der Waals surface area contributed by atoms with Crippen molar-refractivity contribution in [1.82, 2.24) is 0 Å².